The largest absolute Gasteiger partial charge is 0.350 e. The maximum atomic E-state index is 12.0. The van der Waals surface area contributed by atoms with E-state index in [9.17, 15) is 19.2 Å². The highest BCUT2D eigenvalue weighted by atomic mass is 16.2. The van der Waals surface area contributed by atoms with Crippen LogP contribution in [-0.4, -0.2) is 40.2 Å². The summed E-state index contributed by atoms with van der Waals surface area (Å²) in [6.45, 7) is 8.22. The number of amides is 5. The fraction of sp³-hybridized carbons (Fsp3) is 0.667. The lowest BCUT2D eigenvalue weighted by Gasteiger charge is -2.33. The third-order valence-electron chi connectivity index (χ3n) is 2.72. The van der Waals surface area contributed by atoms with Crippen molar-refractivity contribution in [3.8, 4) is 0 Å². The highest BCUT2D eigenvalue weighted by molar-refractivity contribution is 6.17. The van der Waals surface area contributed by atoms with Crippen molar-refractivity contribution in [3.05, 3.63) is 0 Å². The number of rotatable bonds is 2. The summed E-state index contributed by atoms with van der Waals surface area (Å²) in [4.78, 5) is 47.6. The van der Waals surface area contributed by atoms with Crippen LogP contribution < -0.4 is 10.6 Å². The van der Waals surface area contributed by atoms with Gasteiger partial charge in [0.05, 0.1) is 0 Å². The molecule has 0 aromatic rings. The van der Waals surface area contributed by atoms with Crippen molar-refractivity contribution >= 4 is 23.8 Å². The lowest BCUT2D eigenvalue weighted by atomic mass is 10.0. The Morgan fingerprint density at radius 1 is 1.32 bits per heavy atom. The van der Waals surface area contributed by atoms with Gasteiger partial charge in [-0.2, -0.15) is 0 Å². The van der Waals surface area contributed by atoms with Gasteiger partial charge < -0.3 is 5.32 Å². The first-order chi connectivity index (χ1) is 8.54. The van der Waals surface area contributed by atoms with E-state index in [1.165, 1.54) is 13.8 Å². The Morgan fingerprint density at radius 3 is 2.32 bits per heavy atom. The molecule has 0 bridgehead atoms. The van der Waals surface area contributed by atoms with Crippen LogP contribution >= 0.6 is 0 Å². The molecular weight excluding hydrogens is 250 g/mol. The molecule has 1 aliphatic heterocycles. The fourth-order valence-electron chi connectivity index (χ4n) is 1.65. The Bertz CT molecular complexity index is 439. The third kappa shape index (κ3) is 3.30. The van der Waals surface area contributed by atoms with Gasteiger partial charge in [-0.25, -0.2) is 4.79 Å². The first-order valence-electron chi connectivity index (χ1n) is 6.04. The van der Waals surface area contributed by atoms with E-state index in [4.69, 9.17) is 0 Å². The molecule has 5 amide bonds. The van der Waals surface area contributed by atoms with Crippen molar-refractivity contribution in [2.45, 2.75) is 46.2 Å². The molecule has 106 valence electrons. The number of hydrogen-bond acceptors (Lipinski definition) is 4. The Hall–Kier alpha value is -1.92. The minimum Gasteiger partial charge on any atom is -0.350 e. The second kappa shape index (κ2) is 4.99. The predicted molar refractivity (Wildman–Crippen MR) is 66.9 cm³/mol. The van der Waals surface area contributed by atoms with Crippen molar-refractivity contribution in [1.82, 2.24) is 15.5 Å². The molecule has 2 unspecified atom stereocenters. The zero-order valence-corrected chi connectivity index (χ0v) is 11.7. The van der Waals surface area contributed by atoms with Gasteiger partial charge in [0.15, 0.2) is 0 Å². The number of imide groups is 2. The van der Waals surface area contributed by atoms with E-state index in [1.54, 1.807) is 20.8 Å². The number of hydrogen-bond donors (Lipinski definition) is 2. The van der Waals surface area contributed by atoms with Gasteiger partial charge in [-0.1, -0.05) is 0 Å². The van der Waals surface area contributed by atoms with E-state index in [0.29, 0.717) is 0 Å². The summed E-state index contributed by atoms with van der Waals surface area (Å²) in [6.07, 6.45) is 0. The normalized spacial score (nSPS) is 22.1. The zero-order valence-electron chi connectivity index (χ0n) is 11.7. The van der Waals surface area contributed by atoms with Crippen LogP contribution in [0.3, 0.4) is 0 Å². The number of urea groups is 1. The fourth-order valence-corrected chi connectivity index (χ4v) is 1.65. The van der Waals surface area contributed by atoms with Crippen molar-refractivity contribution < 1.29 is 19.2 Å². The summed E-state index contributed by atoms with van der Waals surface area (Å²) < 4.78 is 0. The van der Waals surface area contributed by atoms with Crippen LogP contribution in [0, 0.1) is 5.92 Å². The minimum absolute atomic E-state index is 0.447. The first kappa shape index (κ1) is 15.1. The summed E-state index contributed by atoms with van der Waals surface area (Å²) in [7, 11) is 0. The molecule has 0 aromatic heterocycles. The summed E-state index contributed by atoms with van der Waals surface area (Å²) in [5, 5.41) is 4.74. The standard InChI is InChI=1S/C12H19N3O4/c1-6-8(16)13-11(19)15(10(6)18)7(2)9(17)14-12(3,4)5/h6-7H,1-5H3,(H,14,17)(H,13,16,19). The van der Waals surface area contributed by atoms with Gasteiger partial charge in [-0.3, -0.25) is 24.6 Å². The molecule has 0 aromatic carbocycles. The highest BCUT2D eigenvalue weighted by Gasteiger charge is 2.42. The molecule has 2 N–H and O–H groups in total. The molecule has 1 rings (SSSR count). The summed E-state index contributed by atoms with van der Waals surface area (Å²) >= 11 is 0. The van der Waals surface area contributed by atoms with E-state index in [-0.39, 0.29) is 0 Å². The van der Waals surface area contributed by atoms with Gasteiger partial charge in [0, 0.05) is 5.54 Å². The van der Waals surface area contributed by atoms with E-state index >= 15 is 0 Å². The van der Waals surface area contributed by atoms with E-state index in [0.717, 1.165) is 4.90 Å². The second-order valence-corrected chi connectivity index (χ2v) is 5.64. The average molecular weight is 269 g/mol. The summed E-state index contributed by atoms with van der Waals surface area (Å²) in [6, 6.07) is -1.83. The van der Waals surface area contributed by atoms with E-state index in [1.807, 2.05) is 0 Å². The molecular formula is C12H19N3O4. The molecule has 7 nitrogen and oxygen atoms in total. The molecule has 1 aliphatic rings. The number of nitrogens with one attached hydrogen (secondary N) is 2. The maximum absolute atomic E-state index is 12.0. The summed E-state index contributed by atoms with van der Waals surface area (Å²) in [5.74, 6) is -2.72. The van der Waals surface area contributed by atoms with Crippen LogP contribution in [0.4, 0.5) is 4.79 Å². The Balaban J connectivity index is 2.89. The number of carbonyl (C=O) groups excluding carboxylic acids is 4. The Labute approximate surface area is 111 Å². The smallest absolute Gasteiger partial charge is 0.331 e. The summed E-state index contributed by atoms with van der Waals surface area (Å²) in [5.41, 5.74) is -0.470. The van der Waals surface area contributed by atoms with Crippen molar-refractivity contribution in [1.29, 1.82) is 0 Å². The molecule has 0 radical (unpaired) electrons. The second-order valence-electron chi connectivity index (χ2n) is 5.64. The lowest BCUT2D eigenvalue weighted by molar-refractivity contribution is -0.146. The van der Waals surface area contributed by atoms with Gasteiger partial charge in [-0.05, 0) is 34.6 Å². The van der Waals surface area contributed by atoms with Gasteiger partial charge in [0.25, 0.3) is 0 Å². The predicted octanol–water partition coefficient (Wildman–Crippen LogP) is 0.00410. The third-order valence-corrected chi connectivity index (χ3v) is 2.72. The molecule has 0 aliphatic carbocycles. The molecule has 19 heavy (non-hydrogen) atoms. The van der Waals surface area contributed by atoms with Crippen molar-refractivity contribution in [2.75, 3.05) is 0 Å². The highest BCUT2D eigenvalue weighted by Crippen LogP contribution is 2.14. The molecule has 7 heteroatoms. The van der Waals surface area contributed by atoms with Crippen LogP contribution in [-0.2, 0) is 14.4 Å². The van der Waals surface area contributed by atoms with Crippen molar-refractivity contribution in [3.63, 3.8) is 0 Å². The molecule has 1 saturated heterocycles. The minimum atomic E-state index is -0.970. The number of barbiturate groups is 1. The maximum Gasteiger partial charge on any atom is 0.331 e. The van der Waals surface area contributed by atoms with E-state index < -0.39 is 41.3 Å². The SMILES string of the molecule is CC1C(=O)NC(=O)N(C(C)C(=O)NC(C)(C)C)C1=O. The first-order valence-corrected chi connectivity index (χ1v) is 6.04. The van der Waals surface area contributed by atoms with Gasteiger partial charge in [0.1, 0.15) is 12.0 Å². The van der Waals surface area contributed by atoms with E-state index in [2.05, 4.69) is 10.6 Å². The number of nitrogens with zero attached hydrogens (tertiary/aromatic N) is 1. The van der Waals surface area contributed by atoms with Crippen LogP contribution in [0.1, 0.15) is 34.6 Å². The molecule has 0 spiro atoms. The van der Waals surface area contributed by atoms with Crippen LogP contribution in [0.25, 0.3) is 0 Å². The molecule has 0 saturated carbocycles. The Morgan fingerprint density at radius 2 is 1.84 bits per heavy atom. The van der Waals surface area contributed by atoms with Gasteiger partial charge >= 0.3 is 6.03 Å². The topological polar surface area (TPSA) is 95.6 Å². The van der Waals surface area contributed by atoms with Crippen LogP contribution in [0.5, 0.6) is 0 Å². The number of carbonyl (C=O) groups is 4. The molecule has 1 fully saturated rings. The monoisotopic (exact) mass is 269 g/mol. The van der Waals surface area contributed by atoms with Crippen LogP contribution in [0.2, 0.25) is 0 Å². The van der Waals surface area contributed by atoms with Gasteiger partial charge in [0.2, 0.25) is 17.7 Å². The lowest BCUT2D eigenvalue weighted by Crippen LogP contribution is -2.63. The molecule has 1 heterocycles. The quantitative estimate of drug-likeness (QED) is 0.690. The molecule has 2 atom stereocenters. The van der Waals surface area contributed by atoms with Gasteiger partial charge in [-0.15, -0.1) is 0 Å². The van der Waals surface area contributed by atoms with Crippen LogP contribution in [0.15, 0.2) is 0 Å². The van der Waals surface area contributed by atoms with Crippen molar-refractivity contribution in [2.24, 2.45) is 5.92 Å². The zero-order chi connectivity index (χ0) is 15.0. The average Bonchev–Trinajstić information content (AvgIpc) is 2.23. The Kier molecular flexibility index (Phi) is 3.97.